The number of halogens is 1. The third kappa shape index (κ3) is 5.09. The predicted octanol–water partition coefficient (Wildman–Crippen LogP) is 2.95. The Kier molecular flexibility index (Phi) is 6.37. The zero-order valence-corrected chi connectivity index (χ0v) is 13.7. The van der Waals surface area contributed by atoms with Crippen molar-refractivity contribution in [2.75, 3.05) is 32.7 Å². The molecule has 22 heavy (non-hydrogen) atoms. The van der Waals surface area contributed by atoms with Gasteiger partial charge in [0.25, 0.3) is 0 Å². The van der Waals surface area contributed by atoms with Gasteiger partial charge in [0.05, 0.1) is 0 Å². The molecule has 0 saturated carbocycles. The molecule has 0 spiro atoms. The van der Waals surface area contributed by atoms with E-state index >= 15 is 0 Å². The van der Waals surface area contributed by atoms with Crippen LogP contribution in [0, 0.1) is 11.7 Å². The Morgan fingerprint density at radius 2 is 2.27 bits per heavy atom. The van der Waals surface area contributed by atoms with Crippen molar-refractivity contribution in [2.24, 2.45) is 5.92 Å². The quantitative estimate of drug-likeness (QED) is 0.807. The molecule has 1 fully saturated rings. The summed E-state index contributed by atoms with van der Waals surface area (Å²) in [6.45, 7) is 8.45. The second-order valence-corrected chi connectivity index (χ2v) is 6.25. The van der Waals surface area contributed by atoms with E-state index in [4.69, 9.17) is 0 Å². The molecule has 2 rings (SSSR count). The normalized spacial score (nSPS) is 19.1. The molecule has 1 saturated heterocycles. The van der Waals surface area contributed by atoms with E-state index in [0.717, 1.165) is 44.7 Å². The summed E-state index contributed by atoms with van der Waals surface area (Å²) in [5.74, 6) is 0.568. The van der Waals surface area contributed by atoms with Crippen molar-refractivity contribution < 1.29 is 9.18 Å². The van der Waals surface area contributed by atoms with E-state index < -0.39 is 0 Å². The average Bonchev–Trinajstić information content (AvgIpc) is 2.51. The van der Waals surface area contributed by atoms with E-state index in [2.05, 4.69) is 4.90 Å². The van der Waals surface area contributed by atoms with E-state index in [0.29, 0.717) is 5.92 Å². The second-order valence-electron chi connectivity index (χ2n) is 6.25. The third-order valence-electron chi connectivity index (χ3n) is 4.51. The zero-order valence-electron chi connectivity index (χ0n) is 13.7. The Morgan fingerprint density at radius 1 is 1.45 bits per heavy atom. The minimum absolute atomic E-state index is 0.158. The van der Waals surface area contributed by atoms with Gasteiger partial charge in [0.2, 0.25) is 5.91 Å². The number of rotatable bonds is 6. The zero-order chi connectivity index (χ0) is 15.9. The molecule has 0 radical (unpaired) electrons. The van der Waals surface area contributed by atoms with Crippen LogP contribution in [0.15, 0.2) is 24.3 Å². The van der Waals surface area contributed by atoms with Crippen LogP contribution in [-0.4, -0.2) is 48.4 Å². The number of piperidine rings is 1. The maximum Gasteiger partial charge on any atom is 0.219 e. The van der Waals surface area contributed by atoms with Crippen LogP contribution < -0.4 is 0 Å². The number of carbonyl (C=O) groups excluding carboxylic acids is 1. The fraction of sp³-hybridized carbons (Fsp3) is 0.611. The number of carbonyl (C=O) groups is 1. The Bertz CT molecular complexity index is 492. The minimum atomic E-state index is -0.158. The van der Waals surface area contributed by atoms with Crippen molar-refractivity contribution in [1.29, 1.82) is 0 Å². The lowest BCUT2D eigenvalue weighted by Gasteiger charge is -2.35. The number of amides is 1. The van der Waals surface area contributed by atoms with Crippen LogP contribution in [0.25, 0.3) is 0 Å². The van der Waals surface area contributed by atoms with Crippen LogP contribution >= 0.6 is 0 Å². The monoisotopic (exact) mass is 306 g/mol. The van der Waals surface area contributed by atoms with Gasteiger partial charge in [0, 0.05) is 33.1 Å². The summed E-state index contributed by atoms with van der Waals surface area (Å²) >= 11 is 0. The van der Waals surface area contributed by atoms with Crippen molar-refractivity contribution in [1.82, 2.24) is 9.80 Å². The summed E-state index contributed by atoms with van der Waals surface area (Å²) in [5.41, 5.74) is 1.06. The summed E-state index contributed by atoms with van der Waals surface area (Å²) in [5, 5.41) is 0. The van der Waals surface area contributed by atoms with Crippen LogP contribution in [0.4, 0.5) is 4.39 Å². The van der Waals surface area contributed by atoms with Crippen molar-refractivity contribution in [2.45, 2.75) is 33.1 Å². The number of hydrogen-bond acceptors (Lipinski definition) is 2. The van der Waals surface area contributed by atoms with Crippen LogP contribution in [0.5, 0.6) is 0 Å². The molecule has 4 heteroatoms. The van der Waals surface area contributed by atoms with E-state index in [1.165, 1.54) is 18.9 Å². The van der Waals surface area contributed by atoms with Gasteiger partial charge in [0.1, 0.15) is 5.82 Å². The molecule has 1 aliphatic heterocycles. The van der Waals surface area contributed by atoms with Crippen LogP contribution in [0.3, 0.4) is 0 Å². The highest BCUT2D eigenvalue weighted by atomic mass is 19.1. The molecule has 1 aliphatic rings. The standard InChI is InChI=1S/C18H27FN2O/c1-3-21(15(2)22)14-17-7-5-10-20(13-17)11-9-16-6-4-8-18(19)12-16/h4,6,8,12,17H,3,5,7,9-11,13-14H2,1-2H3. The van der Waals surface area contributed by atoms with Gasteiger partial charge in [-0.25, -0.2) is 4.39 Å². The first-order valence-electron chi connectivity index (χ1n) is 8.30. The van der Waals surface area contributed by atoms with Crippen LogP contribution in [0.2, 0.25) is 0 Å². The topological polar surface area (TPSA) is 23.6 Å². The van der Waals surface area contributed by atoms with Crippen molar-refractivity contribution >= 4 is 5.91 Å². The third-order valence-corrected chi connectivity index (χ3v) is 4.51. The molecule has 3 nitrogen and oxygen atoms in total. The van der Waals surface area contributed by atoms with Gasteiger partial charge in [-0.15, -0.1) is 0 Å². The van der Waals surface area contributed by atoms with Gasteiger partial charge in [-0.05, 0) is 56.3 Å². The maximum atomic E-state index is 13.2. The lowest BCUT2D eigenvalue weighted by Crippen LogP contribution is -2.42. The number of likely N-dealkylation sites (tertiary alicyclic amines) is 1. The number of hydrogen-bond donors (Lipinski definition) is 0. The molecule has 1 unspecified atom stereocenters. The highest BCUT2D eigenvalue weighted by Gasteiger charge is 2.22. The lowest BCUT2D eigenvalue weighted by molar-refractivity contribution is -0.129. The van der Waals surface area contributed by atoms with Crippen molar-refractivity contribution in [3.63, 3.8) is 0 Å². The first-order valence-corrected chi connectivity index (χ1v) is 8.30. The molecule has 0 aliphatic carbocycles. The van der Waals surface area contributed by atoms with Gasteiger partial charge in [-0.2, -0.15) is 0 Å². The molecule has 1 aromatic carbocycles. The van der Waals surface area contributed by atoms with Crippen LogP contribution in [-0.2, 0) is 11.2 Å². The largest absolute Gasteiger partial charge is 0.343 e. The Hall–Kier alpha value is -1.42. The van der Waals surface area contributed by atoms with E-state index in [1.54, 1.807) is 19.1 Å². The van der Waals surface area contributed by atoms with E-state index in [-0.39, 0.29) is 11.7 Å². The summed E-state index contributed by atoms with van der Waals surface area (Å²) < 4.78 is 13.2. The van der Waals surface area contributed by atoms with E-state index in [1.807, 2.05) is 17.9 Å². The first-order chi connectivity index (χ1) is 10.6. The summed E-state index contributed by atoms with van der Waals surface area (Å²) in [6, 6.07) is 6.87. The molecular formula is C18H27FN2O. The second kappa shape index (κ2) is 8.28. The van der Waals surface area contributed by atoms with Crippen LogP contribution in [0.1, 0.15) is 32.3 Å². The number of benzene rings is 1. The molecule has 122 valence electrons. The molecule has 0 aromatic heterocycles. The minimum Gasteiger partial charge on any atom is -0.343 e. The van der Waals surface area contributed by atoms with Gasteiger partial charge >= 0.3 is 0 Å². The average molecular weight is 306 g/mol. The molecule has 0 N–H and O–H groups in total. The molecular weight excluding hydrogens is 279 g/mol. The smallest absolute Gasteiger partial charge is 0.219 e. The Balaban J connectivity index is 1.81. The fourth-order valence-electron chi connectivity index (χ4n) is 3.28. The highest BCUT2D eigenvalue weighted by molar-refractivity contribution is 5.73. The number of nitrogens with zero attached hydrogens (tertiary/aromatic N) is 2. The molecule has 0 bridgehead atoms. The molecule has 1 atom stereocenters. The fourth-order valence-corrected chi connectivity index (χ4v) is 3.28. The molecule has 1 amide bonds. The maximum absolute atomic E-state index is 13.2. The molecule has 1 heterocycles. The van der Waals surface area contributed by atoms with Gasteiger partial charge in [-0.3, -0.25) is 4.79 Å². The van der Waals surface area contributed by atoms with Gasteiger partial charge < -0.3 is 9.80 Å². The Labute approximate surface area is 133 Å². The lowest BCUT2D eigenvalue weighted by atomic mass is 9.97. The first kappa shape index (κ1) is 16.9. The Morgan fingerprint density at radius 3 is 2.95 bits per heavy atom. The SMILES string of the molecule is CCN(CC1CCCN(CCc2cccc(F)c2)C1)C(C)=O. The van der Waals surface area contributed by atoms with Gasteiger partial charge in [0.15, 0.2) is 0 Å². The summed E-state index contributed by atoms with van der Waals surface area (Å²) in [4.78, 5) is 15.9. The summed E-state index contributed by atoms with van der Waals surface area (Å²) in [7, 11) is 0. The predicted molar refractivity (Wildman–Crippen MR) is 87.2 cm³/mol. The van der Waals surface area contributed by atoms with Gasteiger partial charge in [-0.1, -0.05) is 12.1 Å². The summed E-state index contributed by atoms with van der Waals surface area (Å²) in [6.07, 6.45) is 3.26. The molecule has 1 aromatic rings. The van der Waals surface area contributed by atoms with Crippen molar-refractivity contribution in [3.8, 4) is 0 Å². The van der Waals surface area contributed by atoms with E-state index in [9.17, 15) is 9.18 Å². The van der Waals surface area contributed by atoms with Crippen molar-refractivity contribution in [3.05, 3.63) is 35.6 Å². The highest BCUT2D eigenvalue weighted by Crippen LogP contribution is 2.18.